The number of carbonyl (C=O) groups is 3. The van der Waals surface area contributed by atoms with Crippen LogP contribution in [0.4, 0.5) is 9.59 Å². The zero-order valence-electron chi connectivity index (χ0n) is 11.7. The molecule has 2 fully saturated rings. The second-order valence-electron chi connectivity index (χ2n) is 5.41. The fourth-order valence-electron chi connectivity index (χ4n) is 2.72. The zero-order chi connectivity index (χ0) is 15.7. The van der Waals surface area contributed by atoms with E-state index in [0.717, 1.165) is 5.56 Å². The van der Waals surface area contributed by atoms with Crippen molar-refractivity contribution in [1.29, 1.82) is 0 Å². The van der Waals surface area contributed by atoms with Crippen LogP contribution in [0.15, 0.2) is 24.3 Å². The highest BCUT2D eigenvalue weighted by Gasteiger charge is 2.51. The Labute approximate surface area is 132 Å². The number of amides is 5. The molecule has 2 aliphatic rings. The van der Waals surface area contributed by atoms with Gasteiger partial charge in [-0.1, -0.05) is 29.8 Å². The molecule has 22 heavy (non-hydrogen) atoms. The number of urea groups is 2. The Morgan fingerprint density at radius 3 is 2.82 bits per heavy atom. The highest BCUT2D eigenvalue weighted by Crippen LogP contribution is 2.24. The molecule has 2 aliphatic heterocycles. The first-order valence-corrected chi connectivity index (χ1v) is 7.28. The maximum Gasteiger partial charge on any atom is 0.322 e. The van der Waals surface area contributed by atoms with Crippen molar-refractivity contribution in [2.75, 3.05) is 13.1 Å². The fraction of sp³-hybridized carbons (Fsp3) is 0.357. The van der Waals surface area contributed by atoms with Crippen LogP contribution in [0.1, 0.15) is 12.0 Å². The minimum atomic E-state index is -0.987. The summed E-state index contributed by atoms with van der Waals surface area (Å²) in [6.07, 6.45) is 0.407. The van der Waals surface area contributed by atoms with E-state index in [1.54, 1.807) is 6.07 Å². The number of hydrogen-bond donors (Lipinski definition) is 3. The fourth-order valence-corrected chi connectivity index (χ4v) is 2.93. The summed E-state index contributed by atoms with van der Waals surface area (Å²) >= 11 is 6.04. The van der Waals surface area contributed by atoms with E-state index in [9.17, 15) is 14.4 Å². The second kappa shape index (κ2) is 5.49. The van der Waals surface area contributed by atoms with Crippen LogP contribution >= 0.6 is 11.6 Å². The van der Waals surface area contributed by atoms with Crippen LogP contribution in [0.5, 0.6) is 0 Å². The minimum Gasteiger partial charge on any atom is -0.334 e. The van der Waals surface area contributed by atoms with Gasteiger partial charge in [-0.05, 0) is 18.1 Å². The average Bonchev–Trinajstić information content (AvgIpc) is 3.02. The summed E-state index contributed by atoms with van der Waals surface area (Å²) in [4.78, 5) is 36.8. The molecule has 2 saturated heterocycles. The molecule has 1 aromatic carbocycles. The van der Waals surface area contributed by atoms with Crippen molar-refractivity contribution in [3.05, 3.63) is 34.9 Å². The van der Waals surface area contributed by atoms with E-state index in [2.05, 4.69) is 16.0 Å². The summed E-state index contributed by atoms with van der Waals surface area (Å²) in [5.41, 5.74) is -0.169. The van der Waals surface area contributed by atoms with E-state index in [4.69, 9.17) is 11.6 Å². The Morgan fingerprint density at radius 1 is 1.36 bits per heavy atom. The third-order valence-electron chi connectivity index (χ3n) is 3.96. The number of halogens is 1. The number of carbonyl (C=O) groups excluding carboxylic acids is 3. The molecule has 5 amide bonds. The van der Waals surface area contributed by atoms with Crippen LogP contribution in [0.2, 0.25) is 5.02 Å². The van der Waals surface area contributed by atoms with Gasteiger partial charge in [0.1, 0.15) is 5.54 Å². The zero-order valence-corrected chi connectivity index (χ0v) is 12.4. The maximum atomic E-state index is 12.2. The van der Waals surface area contributed by atoms with Crippen LogP contribution in [-0.2, 0) is 11.3 Å². The normalized spacial score (nSPS) is 23.6. The molecule has 0 radical (unpaired) electrons. The van der Waals surface area contributed by atoms with Gasteiger partial charge in [0.05, 0.1) is 6.54 Å². The quantitative estimate of drug-likeness (QED) is 0.705. The van der Waals surface area contributed by atoms with E-state index in [1.165, 1.54) is 4.90 Å². The number of hydrogen-bond acceptors (Lipinski definition) is 3. The summed E-state index contributed by atoms with van der Waals surface area (Å²) in [6, 6.07) is 6.45. The summed E-state index contributed by atoms with van der Waals surface area (Å²) in [5, 5.41) is 8.17. The van der Waals surface area contributed by atoms with Crippen molar-refractivity contribution in [1.82, 2.24) is 20.9 Å². The predicted octanol–water partition coefficient (Wildman–Crippen LogP) is 0.833. The Hall–Kier alpha value is -2.28. The van der Waals surface area contributed by atoms with Crippen LogP contribution < -0.4 is 16.0 Å². The van der Waals surface area contributed by atoms with Crippen molar-refractivity contribution in [2.45, 2.75) is 18.5 Å². The molecular formula is C14H15ClN4O3. The first-order chi connectivity index (χ1) is 10.5. The largest absolute Gasteiger partial charge is 0.334 e. The first kappa shape index (κ1) is 14.6. The Morgan fingerprint density at radius 2 is 2.14 bits per heavy atom. The molecule has 1 unspecified atom stereocenters. The van der Waals surface area contributed by atoms with Gasteiger partial charge in [-0.3, -0.25) is 10.1 Å². The van der Waals surface area contributed by atoms with Crippen molar-refractivity contribution in [3.8, 4) is 0 Å². The summed E-state index contributed by atoms with van der Waals surface area (Å²) < 4.78 is 0. The second-order valence-corrected chi connectivity index (χ2v) is 5.82. The Bertz CT molecular complexity index is 651. The molecule has 0 saturated carbocycles. The average molecular weight is 323 g/mol. The third-order valence-corrected chi connectivity index (χ3v) is 4.33. The van der Waals surface area contributed by atoms with Gasteiger partial charge in [0, 0.05) is 18.1 Å². The van der Waals surface area contributed by atoms with Gasteiger partial charge in [-0.15, -0.1) is 0 Å². The van der Waals surface area contributed by atoms with Gasteiger partial charge >= 0.3 is 12.1 Å². The molecular weight excluding hydrogens is 308 g/mol. The molecule has 1 aromatic rings. The van der Waals surface area contributed by atoms with Gasteiger partial charge in [-0.2, -0.15) is 0 Å². The summed E-state index contributed by atoms with van der Waals surface area (Å²) in [6.45, 7) is 0.877. The highest BCUT2D eigenvalue weighted by molar-refractivity contribution is 6.31. The molecule has 116 valence electrons. The van der Waals surface area contributed by atoms with Crippen molar-refractivity contribution >= 4 is 29.6 Å². The Kier molecular flexibility index (Phi) is 3.66. The number of rotatable bonds is 2. The van der Waals surface area contributed by atoms with Gasteiger partial charge in [0.15, 0.2) is 0 Å². The van der Waals surface area contributed by atoms with E-state index in [0.29, 0.717) is 24.5 Å². The minimum absolute atomic E-state index is 0.166. The number of imide groups is 1. The van der Waals surface area contributed by atoms with Crippen molar-refractivity contribution in [2.24, 2.45) is 0 Å². The predicted molar refractivity (Wildman–Crippen MR) is 79.3 cm³/mol. The van der Waals surface area contributed by atoms with E-state index in [1.807, 2.05) is 18.2 Å². The van der Waals surface area contributed by atoms with Crippen LogP contribution in [-0.4, -0.2) is 41.5 Å². The van der Waals surface area contributed by atoms with Crippen LogP contribution in [0.3, 0.4) is 0 Å². The lowest BCUT2D eigenvalue weighted by Crippen LogP contribution is -2.50. The van der Waals surface area contributed by atoms with Crippen molar-refractivity contribution < 1.29 is 14.4 Å². The maximum absolute atomic E-state index is 12.2. The third kappa shape index (κ3) is 2.59. The topological polar surface area (TPSA) is 90.5 Å². The number of nitrogens with one attached hydrogen (secondary N) is 3. The van der Waals surface area contributed by atoms with Crippen LogP contribution in [0, 0.1) is 0 Å². The molecule has 7 nitrogen and oxygen atoms in total. The molecule has 2 heterocycles. The number of likely N-dealkylation sites (tertiary alicyclic amines) is 1. The molecule has 0 aliphatic carbocycles. The highest BCUT2D eigenvalue weighted by atomic mass is 35.5. The van der Waals surface area contributed by atoms with E-state index < -0.39 is 11.6 Å². The van der Waals surface area contributed by atoms with Gasteiger partial charge in [0.25, 0.3) is 5.91 Å². The summed E-state index contributed by atoms with van der Waals surface area (Å²) in [5.74, 6) is -0.376. The van der Waals surface area contributed by atoms with Gasteiger partial charge < -0.3 is 15.5 Å². The SMILES string of the molecule is O=C1NC(=O)C2(CCN(C(=O)NCc3ccccc3Cl)C2)N1. The first-order valence-electron chi connectivity index (χ1n) is 6.90. The Balaban J connectivity index is 1.59. The molecule has 8 heteroatoms. The molecule has 0 aromatic heterocycles. The molecule has 3 N–H and O–H groups in total. The smallest absolute Gasteiger partial charge is 0.322 e. The monoisotopic (exact) mass is 322 g/mol. The van der Waals surface area contributed by atoms with Gasteiger partial charge in [0.2, 0.25) is 0 Å². The lowest BCUT2D eigenvalue weighted by molar-refractivity contribution is -0.123. The van der Waals surface area contributed by atoms with E-state index >= 15 is 0 Å². The lowest BCUT2D eigenvalue weighted by atomic mass is 10.00. The van der Waals surface area contributed by atoms with Crippen molar-refractivity contribution in [3.63, 3.8) is 0 Å². The van der Waals surface area contributed by atoms with Gasteiger partial charge in [-0.25, -0.2) is 9.59 Å². The molecule has 3 rings (SSSR count). The number of benzene rings is 1. The molecule has 0 bridgehead atoms. The summed E-state index contributed by atoms with van der Waals surface area (Å²) in [7, 11) is 0. The van der Waals surface area contributed by atoms with Crippen LogP contribution in [0.25, 0.3) is 0 Å². The lowest BCUT2D eigenvalue weighted by Gasteiger charge is -2.21. The standard InChI is InChI=1S/C14H15ClN4O3/c15-10-4-2-1-3-9(10)7-16-13(22)19-6-5-14(8-19)11(20)17-12(21)18-14/h1-4H,5-8H2,(H,16,22)(H2,17,18,20,21). The molecule has 1 atom stereocenters. The molecule has 1 spiro atoms. The number of nitrogens with zero attached hydrogens (tertiary/aromatic N) is 1. The van der Waals surface area contributed by atoms with E-state index in [-0.39, 0.29) is 18.5 Å².